The molecular weight excluding hydrogens is 360 g/mol. The lowest BCUT2D eigenvalue weighted by molar-refractivity contribution is -0.124. The average Bonchev–Trinajstić information content (AvgIpc) is 3.29. The Balaban J connectivity index is 1.54. The van der Waals surface area contributed by atoms with Gasteiger partial charge in [0.05, 0.1) is 6.54 Å². The van der Waals surface area contributed by atoms with E-state index in [2.05, 4.69) is 10.2 Å². The van der Waals surface area contributed by atoms with Gasteiger partial charge in [-0.05, 0) is 31.0 Å². The molecule has 2 heterocycles. The summed E-state index contributed by atoms with van der Waals surface area (Å²) in [6.45, 7) is 0.914. The fraction of sp³-hybridized carbons (Fsp3) is 0.471. The quantitative estimate of drug-likeness (QED) is 0.817. The molecule has 1 aromatic heterocycles. The van der Waals surface area contributed by atoms with Gasteiger partial charge in [-0.2, -0.15) is 0 Å². The first kappa shape index (κ1) is 16.7. The van der Waals surface area contributed by atoms with E-state index in [0.717, 1.165) is 36.6 Å². The molecule has 8 heteroatoms. The van der Waals surface area contributed by atoms with Crippen LogP contribution >= 0.6 is 23.4 Å². The number of rotatable bonds is 4. The Labute approximate surface area is 155 Å². The van der Waals surface area contributed by atoms with E-state index in [1.807, 2.05) is 16.8 Å². The van der Waals surface area contributed by atoms with Gasteiger partial charge >= 0.3 is 0 Å². The highest BCUT2D eigenvalue weighted by Gasteiger charge is 2.33. The van der Waals surface area contributed by atoms with Gasteiger partial charge in [0.25, 0.3) is 0 Å². The molecule has 0 N–H and O–H groups in total. The van der Waals surface area contributed by atoms with Crippen molar-refractivity contribution in [3.8, 4) is 5.75 Å². The maximum atomic E-state index is 12.9. The summed E-state index contributed by atoms with van der Waals surface area (Å²) in [5.74, 6) is 2.45. The zero-order chi connectivity index (χ0) is 17.2. The summed E-state index contributed by atoms with van der Waals surface area (Å²) >= 11 is 7.61. The summed E-state index contributed by atoms with van der Waals surface area (Å²) < 4.78 is 7.63. The van der Waals surface area contributed by atoms with E-state index in [4.69, 9.17) is 16.3 Å². The molecule has 0 atom stereocenters. The second kappa shape index (κ2) is 7.25. The summed E-state index contributed by atoms with van der Waals surface area (Å²) in [5.41, 5.74) is 0. The zero-order valence-corrected chi connectivity index (χ0v) is 15.3. The summed E-state index contributed by atoms with van der Waals surface area (Å²) in [7, 11) is 0. The molecule has 1 fully saturated rings. The Bertz CT molecular complexity index is 776. The van der Waals surface area contributed by atoms with E-state index < -0.39 is 0 Å². The van der Waals surface area contributed by atoms with Crippen LogP contribution in [-0.4, -0.2) is 33.1 Å². The van der Waals surface area contributed by atoms with Crippen molar-refractivity contribution in [2.75, 3.05) is 17.3 Å². The second-order valence-corrected chi connectivity index (χ2v) is 7.75. The monoisotopic (exact) mass is 378 g/mol. The lowest BCUT2D eigenvalue weighted by atomic mass is 10.1. The first-order valence-electron chi connectivity index (χ1n) is 8.49. The maximum Gasteiger partial charge on any atom is 0.244 e. The number of thioether (sulfide) groups is 1. The first-order chi connectivity index (χ1) is 12.2. The van der Waals surface area contributed by atoms with Crippen LogP contribution in [0.4, 0.5) is 0 Å². The Morgan fingerprint density at radius 1 is 1.32 bits per heavy atom. The van der Waals surface area contributed by atoms with E-state index in [1.165, 1.54) is 0 Å². The summed E-state index contributed by atoms with van der Waals surface area (Å²) in [4.78, 5) is 12.9. The highest BCUT2D eigenvalue weighted by Crippen LogP contribution is 2.29. The van der Waals surface area contributed by atoms with Crippen LogP contribution in [0.3, 0.4) is 0 Å². The molecule has 0 unspecified atom stereocenters. The van der Waals surface area contributed by atoms with E-state index in [9.17, 15) is 4.79 Å². The van der Waals surface area contributed by atoms with Crippen molar-refractivity contribution in [3.05, 3.63) is 35.1 Å². The number of amides is 1. The Kier molecular flexibility index (Phi) is 4.85. The molecule has 1 aliphatic heterocycles. The molecule has 1 amide bonds. The molecule has 6 nitrogen and oxygen atoms in total. The number of carbonyl (C=O) groups excluding carboxylic acids is 1. The van der Waals surface area contributed by atoms with Crippen molar-refractivity contribution in [2.24, 2.45) is 5.92 Å². The number of benzene rings is 1. The van der Waals surface area contributed by atoms with E-state index in [0.29, 0.717) is 23.1 Å². The number of ether oxygens (including phenoxy) is 1. The fourth-order valence-electron chi connectivity index (χ4n) is 3.34. The molecule has 2 aliphatic rings. The fourth-order valence-corrected chi connectivity index (χ4v) is 4.39. The van der Waals surface area contributed by atoms with Crippen molar-refractivity contribution < 1.29 is 9.53 Å². The van der Waals surface area contributed by atoms with Gasteiger partial charge in [0.1, 0.15) is 12.4 Å². The predicted molar refractivity (Wildman–Crippen MR) is 96.6 cm³/mol. The standard InChI is InChI=1S/C17H19ClN4O2S/c18-13-6-3-7-14(10-13)24-11-15-19-20-17-22(15)21(8-9-25-17)16(23)12-4-1-2-5-12/h3,6-7,10,12H,1-2,4-5,8-9,11H2. The van der Waals surface area contributed by atoms with Crippen LogP contribution in [-0.2, 0) is 11.4 Å². The van der Waals surface area contributed by atoms with Gasteiger partial charge in [0, 0.05) is 16.7 Å². The van der Waals surface area contributed by atoms with E-state index >= 15 is 0 Å². The van der Waals surface area contributed by atoms with Gasteiger partial charge in [-0.3, -0.25) is 4.79 Å². The van der Waals surface area contributed by atoms with Gasteiger partial charge in [-0.15, -0.1) is 10.2 Å². The van der Waals surface area contributed by atoms with Gasteiger partial charge in [0.2, 0.25) is 11.1 Å². The highest BCUT2D eigenvalue weighted by atomic mass is 35.5. The minimum atomic E-state index is 0.125. The number of halogens is 1. The lowest BCUT2D eigenvalue weighted by Gasteiger charge is -2.31. The SMILES string of the molecule is O=C(C1CCCC1)N1CCSc2nnc(COc3cccc(Cl)c3)n21. The second-order valence-electron chi connectivity index (χ2n) is 6.25. The van der Waals surface area contributed by atoms with Crippen molar-refractivity contribution in [3.63, 3.8) is 0 Å². The third-order valence-electron chi connectivity index (χ3n) is 4.58. The summed E-state index contributed by atoms with van der Waals surface area (Å²) in [5, 5.41) is 11.6. The number of aromatic nitrogens is 3. The topological polar surface area (TPSA) is 60.3 Å². The van der Waals surface area contributed by atoms with Gasteiger partial charge in [-0.25, -0.2) is 9.69 Å². The predicted octanol–water partition coefficient (Wildman–Crippen LogP) is 3.27. The molecule has 0 radical (unpaired) electrons. The van der Waals surface area contributed by atoms with Crippen molar-refractivity contribution in [2.45, 2.75) is 37.4 Å². The summed E-state index contributed by atoms with van der Waals surface area (Å²) in [6, 6.07) is 7.23. The van der Waals surface area contributed by atoms with Gasteiger partial charge in [-0.1, -0.05) is 42.3 Å². The van der Waals surface area contributed by atoms with Crippen molar-refractivity contribution in [1.29, 1.82) is 0 Å². The average molecular weight is 379 g/mol. The van der Waals surface area contributed by atoms with E-state index in [1.54, 1.807) is 28.9 Å². The van der Waals surface area contributed by atoms with Gasteiger partial charge < -0.3 is 4.74 Å². The first-order valence-corrected chi connectivity index (χ1v) is 9.86. The smallest absolute Gasteiger partial charge is 0.244 e. The van der Waals surface area contributed by atoms with Crippen LogP contribution in [0.2, 0.25) is 5.02 Å². The molecule has 132 valence electrons. The Morgan fingerprint density at radius 2 is 2.16 bits per heavy atom. The largest absolute Gasteiger partial charge is 0.485 e. The highest BCUT2D eigenvalue weighted by molar-refractivity contribution is 7.99. The molecule has 0 spiro atoms. The zero-order valence-electron chi connectivity index (χ0n) is 13.7. The number of hydrogen-bond acceptors (Lipinski definition) is 5. The number of hydrogen-bond donors (Lipinski definition) is 0. The minimum Gasteiger partial charge on any atom is -0.485 e. The molecule has 0 bridgehead atoms. The van der Waals surface area contributed by atoms with Crippen LogP contribution < -0.4 is 9.75 Å². The molecular formula is C17H19ClN4O2S. The molecule has 0 saturated heterocycles. The van der Waals surface area contributed by atoms with Gasteiger partial charge in [0.15, 0.2) is 5.82 Å². The van der Waals surface area contributed by atoms with Crippen molar-refractivity contribution in [1.82, 2.24) is 14.9 Å². The lowest BCUT2D eigenvalue weighted by Crippen LogP contribution is -2.48. The Hall–Kier alpha value is -1.73. The van der Waals surface area contributed by atoms with Crippen LogP contribution in [0.5, 0.6) is 5.75 Å². The molecule has 1 aliphatic carbocycles. The van der Waals surface area contributed by atoms with Crippen LogP contribution in [0.15, 0.2) is 29.4 Å². The molecule has 25 heavy (non-hydrogen) atoms. The molecule has 4 rings (SSSR count). The molecule has 1 aromatic carbocycles. The minimum absolute atomic E-state index is 0.125. The third kappa shape index (κ3) is 3.48. The number of fused-ring (bicyclic) bond motifs is 1. The van der Waals surface area contributed by atoms with Crippen molar-refractivity contribution >= 4 is 29.3 Å². The molecule has 2 aromatic rings. The van der Waals surface area contributed by atoms with Crippen LogP contribution in [0.25, 0.3) is 0 Å². The third-order valence-corrected chi connectivity index (χ3v) is 5.71. The number of nitrogens with zero attached hydrogens (tertiary/aromatic N) is 4. The Morgan fingerprint density at radius 3 is 2.96 bits per heavy atom. The molecule has 1 saturated carbocycles. The normalized spacial score (nSPS) is 17.6. The maximum absolute atomic E-state index is 12.9. The summed E-state index contributed by atoms with van der Waals surface area (Å²) in [6.07, 6.45) is 4.24. The van der Waals surface area contributed by atoms with Crippen LogP contribution in [0, 0.1) is 5.92 Å². The van der Waals surface area contributed by atoms with E-state index in [-0.39, 0.29) is 18.4 Å². The van der Waals surface area contributed by atoms with Crippen LogP contribution in [0.1, 0.15) is 31.5 Å². The number of carbonyl (C=O) groups is 1.